The standard InChI is InChI=1S/C17H25N3O/c1-12(2)19-10-13-4-5-17(15(6-13)9-18)20(3)11-14-7-16(21)8-14/h4-6,12,14,16,19,21H,7-8,10-11H2,1-3H3. The average Bonchev–Trinajstić information content (AvgIpc) is 2.42. The average molecular weight is 287 g/mol. The molecule has 1 aliphatic rings. The van der Waals surface area contributed by atoms with Gasteiger partial charge in [0.25, 0.3) is 0 Å². The minimum Gasteiger partial charge on any atom is -0.393 e. The van der Waals surface area contributed by atoms with Crippen LogP contribution in [0.5, 0.6) is 0 Å². The minimum absolute atomic E-state index is 0.122. The molecule has 1 saturated carbocycles. The van der Waals surface area contributed by atoms with Crippen molar-refractivity contribution in [2.24, 2.45) is 5.92 Å². The highest BCUT2D eigenvalue weighted by Gasteiger charge is 2.28. The summed E-state index contributed by atoms with van der Waals surface area (Å²) in [7, 11) is 2.02. The first-order valence-electron chi connectivity index (χ1n) is 7.65. The zero-order chi connectivity index (χ0) is 15.4. The van der Waals surface area contributed by atoms with Crippen molar-refractivity contribution in [2.75, 3.05) is 18.5 Å². The SMILES string of the molecule is CC(C)NCc1ccc(N(C)CC2CC(O)C2)c(C#N)c1. The number of aliphatic hydroxyl groups is 1. The summed E-state index contributed by atoms with van der Waals surface area (Å²) in [6.45, 7) is 5.90. The van der Waals surface area contributed by atoms with Crippen LogP contribution in [0.25, 0.3) is 0 Å². The van der Waals surface area contributed by atoms with Crippen molar-refractivity contribution in [3.05, 3.63) is 29.3 Å². The van der Waals surface area contributed by atoms with Crippen molar-refractivity contribution in [1.82, 2.24) is 5.32 Å². The van der Waals surface area contributed by atoms with Crippen LogP contribution >= 0.6 is 0 Å². The number of nitrogens with one attached hydrogen (secondary N) is 1. The van der Waals surface area contributed by atoms with Crippen LogP contribution in [-0.4, -0.2) is 30.8 Å². The molecule has 0 atom stereocenters. The van der Waals surface area contributed by atoms with E-state index < -0.39 is 0 Å². The van der Waals surface area contributed by atoms with Crippen molar-refractivity contribution in [1.29, 1.82) is 5.26 Å². The van der Waals surface area contributed by atoms with Gasteiger partial charge in [0.1, 0.15) is 6.07 Å². The van der Waals surface area contributed by atoms with E-state index in [2.05, 4.69) is 36.2 Å². The second-order valence-electron chi connectivity index (χ2n) is 6.37. The number of rotatable bonds is 6. The molecule has 114 valence electrons. The second kappa shape index (κ2) is 6.93. The van der Waals surface area contributed by atoms with Crippen LogP contribution in [0.3, 0.4) is 0 Å². The quantitative estimate of drug-likeness (QED) is 0.842. The highest BCUT2D eigenvalue weighted by molar-refractivity contribution is 5.60. The summed E-state index contributed by atoms with van der Waals surface area (Å²) in [6.07, 6.45) is 1.63. The molecule has 0 saturated heterocycles. The molecule has 0 bridgehead atoms. The van der Waals surface area contributed by atoms with Crippen LogP contribution in [0, 0.1) is 17.2 Å². The molecule has 4 heteroatoms. The van der Waals surface area contributed by atoms with Gasteiger partial charge in [-0.3, -0.25) is 0 Å². The van der Waals surface area contributed by atoms with Gasteiger partial charge in [-0.25, -0.2) is 0 Å². The fourth-order valence-electron chi connectivity index (χ4n) is 2.77. The summed E-state index contributed by atoms with van der Waals surface area (Å²) in [5, 5.41) is 22.1. The third kappa shape index (κ3) is 4.20. The monoisotopic (exact) mass is 287 g/mol. The molecule has 0 aromatic heterocycles. The Hall–Kier alpha value is -1.57. The molecule has 0 aliphatic heterocycles. The van der Waals surface area contributed by atoms with Gasteiger partial charge in [-0.2, -0.15) is 5.26 Å². The lowest BCUT2D eigenvalue weighted by Crippen LogP contribution is -2.37. The second-order valence-corrected chi connectivity index (χ2v) is 6.37. The molecule has 21 heavy (non-hydrogen) atoms. The van der Waals surface area contributed by atoms with Gasteiger partial charge >= 0.3 is 0 Å². The molecule has 2 N–H and O–H groups in total. The maximum absolute atomic E-state index is 9.38. The van der Waals surface area contributed by atoms with Crippen LogP contribution < -0.4 is 10.2 Å². The zero-order valence-electron chi connectivity index (χ0n) is 13.1. The van der Waals surface area contributed by atoms with E-state index in [1.807, 2.05) is 19.2 Å². The molecule has 1 fully saturated rings. The van der Waals surface area contributed by atoms with E-state index in [1.54, 1.807) is 0 Å². The van der Waals surface area contributed by atoms with Crippen molar-refractivity contribution in [2.45, 2.75) is 45.4 Å². The summed E-state index contributed by atoms with van der Waals surface area (Å²) in [5.74, 6) is 0.541. The van der Waals surface area contributed by atoms with Gasteiger partial charge < -0.3 is 15.3 Å². The van der Waals surface area contributed by atoms with E-state index in [1.165, 1.54) is 0 Å². The Balaban J connectivity index is 2.03. The van der Waals surface area contributed by atoms with Crippen LogP contribution in [0.15, 0.2) is 18.2 Å². The molecule has 1 aromatic carbocycles. The Bertz CT molecular complexity index is 515. The van der Waals surface area contributed by atoms with E-state index in [0.717, 1.165) is 42.7 Å². The van der Waals surface area contributed by atoms with E-state index in [9.17, 15) is 10.4 Å². The van der Waals surface area contributed by atoms with Gasteiger partial charge in [-0.15, -0.1) is 0 Å². The number of hydrogen-bond donors (Lipinski definition) is 2. The number of aliphatic hydroxyl groups excluding tert-OH is 1. The molecule has 0 heterocycles. The molecule has 4 nitrogen and oxygen atoms in total. The predicted molar refractivity (Wildman–Crippen MR) is 85.1 cm³/mol. The number of nitriles is 1. The van der Waals surface area contributed by atoms with Crippen molar-refractivity contribution < 1.29 is 5.11 Å². The summed E-state index contributed by atoms with van der Waals surface area (Å²) >= 11 is 0. The Morgan fingerprint density at radius 3 is 2.71 bits per heavy atom. The lowest BCUT2D eigenvalue weighted by Gasteiger charge is -2.35. The van der Waals surface area contributed by atoms with E-state index in [4.69, 9.17) is 0 Å². The van der Waals surface area contributed by atoms with Gasteiger partial charge in [0.2, 0.25) is 0 Å². The number of anilines is 1. The molecule has 1 aromatic rings. The van der Waals surface area contributed by atoms with Crippen LogP contribution in [0.4, 0.5) is 5.69 Å². The Kier molecular flexibility index (Phi) is 5.22. The summed E-state index contributed by atoms with van der Waals surface area (Å²) < 4.78 is 0. The third-order valence-corrected chi connectivity index (χ3v) is 4.05. The molecule has 0 unspecified atom stereocenters. The fraction of sp³-hybridized carbons (Fsp3) is 0.588. The molecule has 0 spiro atoms. The first-order chi connectivity index (χ1) is 9.99. The lowest BCUT2D eigenvalue weighted by atomic mass is 9.82. The summed E-state index contributed by atoms with van der Waals surface area (Å²) in [6, 6.07) is 8.82. The summed E-state index contributed by atoms with van der Waals surface area (Å²) in [5.41, 5.74) is 2.84. The molecular weight excluding hydrogens is 262 g/mol. The highest BCUT2D eigenvalue weighted by Crippen LogP contribution is 2.30. The lowest BCUT2D eigenvalue weighted by molar-refractivity contribution is 0.0465. The maximum Gasteiger partial charge on any atom is 0.101 e. The van der Waals surface area contributed by atoms with E-state index in [0.29, 0.717) is 12.0 Å². The normalized spacial score (nSPS) is 21.0. The first kappa shape index (κ1) is 15.8. The van der Waals surface area contributed by atoms with Gasteiger partial charge in [0.15, 0.2) is 0 Å². The van der Waals surface area contributed by atoms with Crippen molar-refractivity contribution in [3.8, 4) is 6.07 Å². The Morgan fingerprint density at radius 1 is 1.43 bits per heavy atom. The van der Waals surface area contributed by atoms with Crippen LogP contribution in [0.1, 0.15) is 37.8 Å². The molecule has 1 aliphatic carbocycles. The van der Waals surface area contributed by atoms with Gasteiger partial charge in [-0.05, 0) is 36.5 Å². The molecule has 2 rings (SSSR count). The Morgan fingerprint density at radius 2 is 2.14 bits per heavy atom. The number of benzene rings is 1. The molecular formula is C17H25N3O. The first-order valence-corrected chi connectivity index (χ1v) is 7.65. The largest absolute Gasteiger partial charge is 0.393 e. The molecule has 0 amide bonds. The highest BCUT2D eigenvalue weighted by atomic mass is 16.3. The van der Waals surface area contributed by atoms with Crippen LogP contribution in [0.2, 0.25) is 0 Å². The Labute approximate surface area is 127 Å². The maximum atomic E-state index is 9.38. The van der Waals surface area contributed by atoms with E-state index in [-0.39, 0.29) is 6.10 Å². The van der Waals surface area contributed by atoms with Crippen LogP contribution in [-0.2, 0) is 6.54 Å². The van der Waals surface area contributed by atoms with Gasteiger partial charge in [0, 0.05) is 26.2 Å². The zero-order valence-corrected chi connectivity index (χ0v) is 13.1. The van der Waals surface area contributed by atoms with Crippen molar-refractivity contribution in [3.63, 3.8) is 0 Å². The summed E-state index contributed by atoms with van der Waals surface area (Å²) in [4.78, 5) is 2.13. The fourth-order valence-corrected chi connectivity index (χ4v) is 2.77. The van der Waals surface area contributed by atoms with Crippen molar-refractivity contribution >= 4 is 5.69 Å². The van der Waals surface area contributed by atoms with Gasteiger partial charge in [0.05, 0.1) is 17.4 Å². The number of nitrogens with zero attached hydrogens (tertiary/aromatic N) is 2. The molecule has 0 radical (unpaired) electrons. The number of hydrogen-bond acceptors (Lipinski definition) is 4. The minimum atomic E-state index is -0.122. The van der Waals surface area contributed by atoms with E-state index >= 15 is 0 Å². The van der Waals surface area contributed by atoms with Gasteiger partial charge in [-0.1, -0.05) is 19.9 Å². The smallest absolute Gasteiger partial charge is 0.101 e. The predicted octanol–water partition coefficient (Wildman–Crippen LogP) is 2.26. The topological polar surface area (TPSA) is 59.3 Å². The third-order valence-electron chi connectivity index (χ3n) is 4.05.